The van der Waals surface area contributed by atoms with E-state index >= 15 is 0 Å². The Labute approximate surface area is 89.7 Å². The standard InChI is InChI=1S/C10H19NO4/c1-9(7-10(13)14)8-11-3-2-5-15-6-4-12/h7,11-12H,2-6,8H2,1H3,(H,13,14). The SMILES string of the molecule is CC(=CC(=O)O)CNCCCOCCO. The molecule has 0 heterocycles. The zero-order valence-corrected chi connectivity index (χ0v) is 9.03. The van der Waals surface area contributed by atoms with Gasteiger partial charge in [-0.15, -0.1) is 0 Å². The van der Waals surface area contributed by atoms with Crippen molar-refractivity contribution in [1.29, 1.82) is 0 Å². The van der Waals surface area contributed by atoms with Crippen LogP contribution in [-0.2, 0) is 9.53 Å². The van der Waals surface area contributed by atoms with E-state index in [1.807, 2.05) is 0 Å². The molecule has 15 heavy (non-hydrogen) atoms. The first-order valence-corrected chi connectivity index (χ1v) is 4.96. The third-order valence-corrected chi connectivity index (χ3v) is 1.65. The third kappa shape index (κ3) is 11.0. The van der Waals surface area contributed by atoms with Crippen molar-refractivity contribution in [2.24, 2.45) is 0 Å². The van der Waals surface area contributed by atoms with Crippen LogP contribution in [0.4, 0.5) is 0 Å². The number of carboxylic acid groups (broad SMARTS) is 1. The quantitative estimate of drug-likeness (QED) is 0.374. The monoisotopic (exact) mass is 217 g/mol. The number of rotatable bonds is 9. The van der Waals surface area contributed by atoms with Gasteiger partial charge >= 0.3 is 5.97 Å². The summed E-state index contributed by atoms with van der Waals surface area (Å²) in [5, 5.41) is 20.0. The number of aliphatic hydroxyl groups is 1. The van der Waals surface area contributed by atoms with Crippen LogP contribution in [0.2, 0.25) is 0 Å². The number of nitrogens with one attached hydrogen (secondary N) is 1. The van der Waals surface area contributed by atoms with E-state index in [1.54, 1.807) is 6.92 Å². The molecule has 0 saturated heterocycles. The molecule has 0 rings (SSSR count). The minimum Gasteiger partial charge on any atom is -0.478 e. The molecule has 0 saturated carbocycles. The van der Waals surface area contributed by atoms with Crippen molar-refractivity contribution in [2.75, 3.05) is 32.9 Å². The zero-order valence-electron chi connectivity index (χ0n) is 9.03. The fourth-order valence-corrected chi connectivity index (χ4v) is 1.01. The molecule has 0 bridgehead atoms. The Morgan fingerprint density at radius 3 is 2.80 bits per heavy atom. The Hall–Kier alpha value is -0.910. The second kappa shape index (κ2) is 9.64. The average Bonchev–Trinajstić information content (AvgIpc) is 2.15. The van der Waals surface area contributed by atoms with Crippen molar-refractivity contribution < 1.29 is 19.7 Å². The lowest BCUT2D eigenvalue weighted by atomic mass is 10.3. The summed E-state index contributed by atoms with van der Waals surface area (Å²) in [6, 6.07) is 0. The lowest BCUT2D eigenvalue weighted by Gasteiger charge is -2.04. The van der Waals surface area contributed by atoms with Crippen LogP contribution in [0.15, 0.2) is 11.6 Å². The van der Waals surface area contributed by atoms with E-state index in [9.17, 15) is 4.79 Å². The van der Waals surface area contributed by atoms with Gasteiger partial charge in [0.05, 0.1) is 13.2 Å². The maximum Gasteiger partial charge on any atom is 0.328 e. The first-order valence-electron chi connectivity index (χ1n) is 4.96. The van der Waals surface area contributed by atoms with Gasteiger partial charge in [0, 0.05) is 19.2 Å². The molecule has 5 nitrogen and oxygen atoms in total. The lowest BCUT2D eigenvalue weighted by molar-refractivity contribution is -0.131. The van der Waals surface area contributed by atoms with E-state index in [2.05, 4.69) is 5.32 Å². The first-order chi connectivity index (χ1) is 7.16. The predicted octanol–water partition coefficient (Wildman–Crippen LogP) is 0.00590. The topological polar surface area (TPSA) is 78.8 Å². The van der Waals surface area contributed by atoms with E-state index in [0.717, 1.165) is 18.5 Å². The van der Waals surface area contributed by atoms with Crippen molar-refractivity contribution >= 4 is 5.97 Å². The maximum atomic E-state index is 10.3. The van der Waals surface area contributed by atoms with Crippen LogP contribution in [-0.4, -0.2) is 49.1 Å². The highest BCUT2D eigenvalue weighted by molar-refractivity contribution is 5.80. The van der Waals surface area contributed by atoms with E-state index in [-0.39, 0.29) is 6.61 Å². The molecular formula is C10H19NO4. The highest BCUT2D eigenvalue weighted by Crippen LogP contribution is 1.89. The molecule has 0 amide bonds. The van der Waals surface area contributed by atoms with E-state index < -0.39 is 5.97 Å². The van der Waals surface area contributed by atoms with Crippen LogP contribution in [0.25, 0.3) is 0 Å². The Kier molecular flexibility index (Phi) is 9.05. The Morgan fingerprint density at radius 1 is 1.47 bits per heavy atom. The van der Waals surface area contributed by atoms with Gasteiger partial charge in [0.15, 0.2) is 0 Å². The van der Waals surface area contributed by atoms with E-state index in [0.29, 0.717) is 19.8 Å². The van der Waals surface area contributed by atoms with Crippen LogP contribution in [0, 0.1) is 0 Å². The van der Waals surface area contributed by atoms with Crippen LogP contribution < -0.4 is 5.32 Å². The van der Waals surface area contributed by atoms with Crippen molar-refractivity contribution in [3.8, 4) is 0 Å². The number of carbonyl (C=O) groups is 1. The fourth-order valence-electron chi connectivity index (χ4n) is 1.01. The molecule has 0 aliphatic rings. The van der Waals surface area contributed by atoms with Crippen molar-refractivity contribution in [3.05, 3.63) is 11.6 Å². The highest BCUT2D eigenvalue weighted by Gasteiger charge is 1.94. The van der Waals surface area contributed by atoms with Gasteiger partial charge in [0.1, 0.15) is 0 Å². The molecule has 0 atom stereocenters. The van der Waals surface area contributed by atoms with Gasteiger partial charge in [0.25, 0.3) is 0 Å². The van der Waals surface area contributed by atoms with Gasteiger partial charge in [-0.3, -0.25) is 0 Å². The van der Waals surface area contributed by atoms with Gasteiger partial charge in [0.2, 0.25) is 0 Å². The second-order valence-corrected chi connectivity index (χ2v) is 3.20. The summed E-state index contributed by atoms with van der Waals surface area (Å²) in [5.41, 5.74) is 0.791. The fraction of sp³-hybridized carbons (Fsp3) is 0.700. The number of carboxylic acids is 1. The summed E-state index contributed by atoms with van der Waals surface area (Å²) >= 11 is 0. The van der Waals surface area contributed by atoms with Crippen molar-refractivity contribution in [1.82, 2.24) is 5.32 Å². The smallest absolute Gasteiger partial charge is 0.328 e. The highest BCUT2D eigenvalue weighted by atomic mass is 16.5. The minimum absolute atomic E-state index is 0.0495. The summed E-state index contributed by atoms with van der Waals surface area (Å²) in [6.07, 6.45) is 2.04. The number of ether oxygens (including phenoxy) is 1. The predicted molar refractivity (Wildman–Crippen MR) is 56.8 cm³/mol. The van der Waals surface area contributed by atoms with Gasteiger partial charge in [-0.1, -0.05) is 5.57 Å². The molecule has 0 fully saturated rings. The lowest BCUT2D eigenvalue weighted by Crippen LogP contribution is -2.19. The van der Waals surface area contributed by atoms with Gasteiger partial charge in [-0.25, -0.2) is 4.79 Å². The molecular weight excluding hydrogens is 198 g/mol. The summed E-state index contributed by atoms with van der Waals surface area (Å²) < 4.78 is 5.06. The molecule has 0 aliphatic heterocycles. The summed E-state index contributed by atoms with van der Waals surface area (Å²) in [5.74, 6) is -0.916. The van der Waals surface area contributed by atoms with Crippen molar-refractivity contribution in [2.45, 2.75) is 13.3 Å². The number of aliphatic carboxylic acids is 1. The molecule has 0 aromatic heterocycles. The molecule has 0 unspecified atom stereocenters. The number of aliphatic hydroxyl groups excluding tert-OH is 1. The molecule has 3 N–H and O–H groups in total. The van der Waals surface area contributed by atoms with E-state index in [1.165, 1.54) is 6.08 Å². The third-order valence-electron chi connectivity index (χ3n) is 1.65. The minimum atomic E-state index is -0.916. The number of hydrogen-bond donors (Lipinski definition) is 3. The molecule has 5 heteroatoms. The summed E-state index contributed by atoms with van der Waals surface area (Å²) in [6.45, 7) is 4.15. The number of hydrogen-bond acceptors (Lipinski definition) is 4. The maximum absolute atomic E-state index is 10.3. The molecule has 0 aromatic rings. The van der Waals surface area contributed by atoms with Crippen LogP contribution >= 0.6 is 0 Å². The molecule has 88 valence electrons. The van der Waals surface area contributed by atoms with Gasteiger partial charge in [-0.2, -0.15) is 0 Å². The summed E-state index contributed by atoms with van der Waals surface area (Å²) in [4.78, 5) is 10.3. The Morgan fingerprint density at radius 2 is 2.20 bits per heavy atom. The largest absolute Gasteiger partial charge is 0.478 e. The Bertz CT molecular complexity index is 204. The first kappa shape index (κ1) is 14.1. The van der Waals surface area contributed by atoms with Crippen molar-refractivity contribution in [3.63, 3.8) is 0 Å². The van der Waals surface area contributed by atoms with Gasteiger partial charge in [-0.05, 0) is 19.9 Å². The molecule has 0 aliphatic carbocycles. The molecule has 0 spiro atoms. The summed E-state index contributed by atoms with van der Waals surface area (Å²) in [7, 11) is 0. The second-order valence-electron chi connectivity index (χ2n) is 3.20. The normalized spacial score (nSPS) is 11.7. The molecule has 0 aromatic carbocycles. The van der Waals surface area contributed by atoms with Crippen LogP contribution in [0.3, 0.4) is 0 Å². The van der Waals surface area contributed by atoms with Crippen LogP contribution in [0.1, 0.15) is 13.3 Å². The zero-order chi connectivity index (χ0) is 11.5. The molecule has 0 radical (unpaired) electrons. The average molecular weight is 217 g/mol. The van der Waals surface area contributed by atoms with Crippen LogP contribution in [0.5, 0.6) is 0 Å². The Balaban J connectivity index is 3.27. The van der Waals surface area contributed by atoms with Gasteiger partial charge < -0.3 is 20.3 Å². The van der Waals surface area contributed by atoms with E-state index in [4.69, 9.17) is 14.9 Å².